The Labute approximate surface area is 97.2 Å². The van der Waals surface area contributed by atoms with Crippen LogP contribution in [0.15, 0.2) is 21.5 Å². The molecule has 0 aliphatic heterocycles. The minimum atomic E-state index is -0.281. The molecule has 0 unspecified atom stereocenters. The first-order chi connectivity index (χ1) is 6.79. The summed E-state index contributed by atoms with van der Waals surface area (Å²) in [4.78, 5) is 11.6. The Balaban J connectivity index is 2.91. The summed E-state index contributed by atoms with van der Waals surface area (Å²) in [6.07, 6.45) is 1.57. The molecule has 0 spiro atoms. The van der Waals surface area contributed by atoms with Crippen molar-refractivity contribution in [3.8, 4) is 0 Å². The van der Waals surface area contributed by atoms with Gasteiger partial charge in [-0.2, -0.15) is 0 Å². The average Bonchev–Trinajstić information content (AvgIpc) is 2.07. The van der Waals surface area contributed by atoms with Gasteiger partial charge < -0.3 is 10.5 Å². The van der Waals surface area contributed by atoms with E-state index in [4.69, 9.17) is 10.5 Å². The van der Waals surface area contributed by atoms with Crippen molar-refractivity contribution in [1.29, 1.82) is 0 Å². The molecule has 15 heavy (non-hydrogen) atoms. The van der Waals surface area contributed by atoms with Crippen LogP contribution in [0.2, 0.25) is 0 Å². The first-order valence-corrected chi connectivity index (χ1v) is 5.38. The Morgan fingerprint density at radius 3 is 2.67 bits per heavy atom. The number of nitrogens with zero attached hydrogens (tertiary/aromatic N) is 1. The van der Waals surface area contributed by atoms with Crippen LogP contribution in [0.4, 0.5) is 5.69 Å². The molecule has 0 radical (unpaired) electrons. The maximum atomic E-state index is 11.6. The highest BCUT2D eigenvalue weighted by molar-refractivity contribution is 9.10. The topological polar surface area (TPSA) is 57.2 Å². The molecule has 0 aliphatic rings. The van der Waals surface area contributed by atoms with Gasteiger partial charge in [-0.25, -0.2) is 0 Å². The van der Waals surface area contributed by atoms with Crippen molar-refractivity contribution in [2.24, 2.45) is 0 Å². The molecular weight excluding hydrogens is 260 g/mol. The van der Waals surface area contributed by atoms with Gasteiger partial charge in [0.15, 0.2) is 0 Å². The third-order valence-corrected chi connectivity index (χ3v) is 2.27. The number of ether oxygens (including phenoxy) is 1. The number of anilines is 1. The third-order valence-electron chi connectivity index (χ3n) is 1.70. The van der Waals surface area contributed by atoms with Crippen molar-refractivity contribution in [2.75, 3.05) is 5.73 Å². The maximum Gasteiger partial charge on any atom is 0.266 e. The van der Waals surface area contributed by atoms with Gasteiger partial charge in [-0.3, -0.25) is 9.36 Å². The molecule has 0 bridgehead atoms. The average molecular weight is 275 g/mol. The van der Waals surface area contributed by atoms with Gasteiger partial charge in [0.05, 0.1) is 10.1 Å². The van der Waals surface area contributed by atoms with E-state index in [1.807, 2.05) is 20.8 Å². The number of hydrogen-bond donors (Lipinski definition) is 1. The summed E-state index contributed by atoms with van der Waals surface area (Å²) >= 11 is 3.15. The molecule has 0 aliphatic carbocycles. The second-order valence-electron chi connectivity index (χ2n) is 4.28. The maximum absolute atomic E-state index is 11.6. The molecule has 0 amide bonds. The molecule has 1 aromatic heterocycles. The summed E-state index contributed by atoms with van der Waals surface area (Å²) < 4.78 is 7.37. The van der Waals surface area contributed by atoms with Crippen LogP contribution in [0.5, 0.6) is 0 Å². The van der Waals surface area contributed by atoms with Gasteiger partial charge in [0.1, 0.15) is 6.73 Å². The highest BCUT2D eigenvalue weighted by Gasteiger charge is 2.11. The summed E-state index contributed by atoms with van der Waals surface area (Å²) in [6.45, 7) is 5.99. The Hall–Kier alpha value is -0.810. The van der Waals surface area contributed by atoms with Crippen LogP contribution >= 0.6 is 15.9 Å². The molecule has 1 rings (SSSR count). The highest BCUT2D eigenvalue weighted by atomic mass is 79.9. The van der Waals surface area contributed by atoms with E-state index >= 15 is 0 Å². The number of halogens is 1. The smallest absolute Gasteiger partial charge is 0.266 e. The van der Waals surface area contributed by atoms with Crippen molar-refractivity contribution in [2.45, 2.75) is 33.1 Å². The van der Waals surface area contributed by atoms with E-state index < -0.39 is 0 Å². The Kier molecular flexibility index (Phi) is 3.57. The van der Waals surface area contributed by atoms with Gasteiger partial charge in [-0.05, 0) is 42.8 Å². The minimum Gasteiger partial charge on any atom is -0.398 e. The summed E-state index contributed by atoms with van der Waals surface area (Å²) in [7, 11) is 0. The van der Waals surface area contributed by atoms with E-state index in [0.29, 0.717) is 10.2 Å². The largest absolute Gasteiger partial charge is 0.398 e. The van der Waals surface area contributed by atoms with Crippen molar-refractivity contribution in [3.05, 3.63) is 27.1 Å². The van der Waals surface area contributed by atoms with Crippen LogP contribution in [-0.4, -0.2) is 10.2 Å². The molecule has 0 aromatic carbocycles. The lowest BCUT2D eigenvalue weighted by atomic mass is 10.2. The fourth-order valence-corrected chi connectivity index (χ4v) is 1.47. The predicted octanol–water partition coefficient (Wildman–Crippen LogP) is 1.97. The van der Waals surface area contributed by atoms with Gasteiger partial charge in [0.2, 0.25) is 0 Å². The van der Waals surface area contributed by atoms with Crippen molar-refractivity contribution in [3.63, 3.8) is 0 Å². The highest BCUT2D eigenvalue weighted by Crippen LogP contribution is 2.11. The second-order valence-corrected chi connectivity index (χ2v) is 5.14. The van der Waals surface area contributed by atoms with Crippen LogP contribution in [0.25, 0.3) is 0 Å². The SMILES string of the molecule is CC(C)(C)OCn1cc(N)cc(Br)c1=O. The van der Waals surface area contributed by atoms with Crippen LogP contribution in [-0.2, 0) is 11.5 Å². The molecule has 2 N–H and O–H groups in total. The van der Waals surface area contributed by atoms with Gasteiger partial charge in [-0.1, -0.05) is 0 Å². The minimum absolute atomic E-state index is 0.145. The summed E-state index contributed by atoms with van der Waals surface area (Å²) in [6, 6.07) is 1.58. The van der Waals surface area contributed by atoms with Gasteiger partial charge in [0.25, 0.3) is 5.56 Å². The molecule has 0 atom stereocenters. The zero-order chi connectivity index (χ0) is 11.6. The molecule has 1 aromatic rings. The summed E-state index contributed by atoms with van der Waals surface area (Å²) in [5, 5.41) is 0. The lowest BCUT2D eigenvalue weighted by molar-refractivity contribution is -0.0445. The lowest BCUT2D eigenvalue weighted by Gasteiger charge is -2.20. The van der Waals surface area contributed by atoms with Crippen molar-refractivity contribution >= 4 is 21.6 Å². The normalized spacial score (nSPS) is 11.7. The number of nitrogens with two attached hydrogens (primary N) is 1. The van der Waals surface area contributed by atoms with E-state index in [1.165, 1.54) is 4.57 Å². The van der Waals surface area contributed by atoms with E-state index in [0.717, 1.165) is 0 Å². The van der Waals surface area contributed by atoms with Crippen molar-refractivity contribution in [1.82, 2.24) is 4.57 Å². The Morgan fingerprint density at radius 1 is 1.53 bits per heavy atom. The summed E-state index contributed by atoms with van der Waals surface area (Å²) in [5.74, 6) is 0. The molecule has 0 saturated heterocycles. The van der Waals surface area contributed by atoms with Gasteiger partial charge >= 0.3 is 0 Å². The quantitative estimate of drug-likeness (QED) is 0.897. The first-order valence-electron chi connectivity index (χ1n) is 4.59. The number of nitrogen functional groups attached to an aromatic ring is 1. The van der Waals surface area contributed by atoms with E-state index in [1.54, 1.807) is 12.3 Å². The Morgan fingerprint density at radius 2 is 2.13 bits per heavy atom. The molecule has 0 saturated carbocycles. The molecule has 0 fully saturated rings. The van der Waals surface area contributed by atoms with Crippen LogP contribution in [0.3, 0.4) is 0 Å². The zero-order valence-corrected chi connectivity index (χ0v) is 10.7. The third kappa shape index (κ3) is 3.68. The number of hydrogen-bond acceptors (Lipinski definition) is 3. The number of pyridine rings is 1. The standard InChI is InChI=1S/C10H15BrN2O2/c1-10(2,3)15-6-13-5-7(12)4-8(11)9(13)14/h4-5H,6,12H2,1-3H3. The number of aromatic nitrogens is 1. The fraction of sp³-hybridized carbons (Fsp3) is 0.500. The van der Waals surface area contributed by atoms with Crippen molar-refractivity contribution < 1.29 is 4.74 Å². The van der Waals surface area contributed by atoms with E-state index in [-0.39, 0.29) is 17.9 Å². The van der Waals surface area contributed by atoms with E-state index in [9.17, 15) is 4.79 Å². The number of rotatable bonds is 2. The monoisotopic (exact) mass is 274 g/mol. The first kappa shape index (κ1) is 12.3. The molecular formula is C10H15BrN2O2. The van der Waals surface area contributed by atoms with Gasteiger partial charge in [0, 0.05) is 11.9 Å². The lowest BCUT2D eigenvalue weighted by Crippen LogP contribution is -2.27. The molecule has 1 heterocycles. The van der Waals surface area contributed by atoms with Crippen LogP contribution in [0, 0.1) is 0 Å². The fourth-order valence-electron chi connectivity index (χ4n) is 0.980. The van der Waals surface area contributed by atoms with Crippen LogP contribution < -0.4 is 11.3 Å². The molecule has 5 heteroatoms. The molecule has 84 valence electrons. The Bertz CT molecular complexity index is 407. The summed E-state index contributed by atoms with van der Waals surface area (Å²) in [5.41, 5.74) is 5.72. The van der Waals surface area contributed by atoms with E-state index in [2.05, 4.69) is 15.9 Å². The van der Waals surface area contributed by atoms with Gasteiger partial charge in [-0.15, -0.1) is 0 Å². The zero-order valence-electron chi connectivity index (χ0n) is 9.08. The second kappa shape index (κ2) is 4.37. The van der Waals surface area contributed by atoms with Crippen LogP contribution in [0.1, 0.15) is 20.8 Å². The molecule has 4 nitrogen and oxygen atoms in total. The predicted molar refractivity (Wildman–Crippen MR) is 63.7 cm³/mol.